The van der Waals surface area contributed by atoms with E-state index in [4.69, 9.17) is 0 Å². The van der Waals surface area contributed by atoms with Gasteiger partial charge in [-0.3, -0.25) is 4.68 Å². The normalized spacial score (nSPS) is 17.3. The molecule has 22 heavy (non-hydrogen) atoms. The summed E-state index contributed by atoms with van der Waals surface area (Å²) in [6, 6.07) is 4.37. The van der Waals surface area contributed by atoms with Gasteiger partial charge in [-0.2, -0.15) is 5.10 Å². The first-order chi connectivity index (χ1) is 10.8. The van der Waals surface area contributed by atoms with Crippen LogP contribution in [0.3, 0.4) is 0 Å². The van der Waals surface area contributed by atoms with Gasteiger partial charge in [0.1, 0.15) is 0 Å². The van der Waals surface area contributed by atoms with Crippen LogP contribution in [0.4, 0.5) is 4.79 Å². The number of amides is 2. The maximum absolute atomic E-state index is 12.5. The van der Waals surface area contributed by atoms with E-state index in [-0.39, 0.29) is 12.1 Å². The molecule has 118 valence electrons. The van der Waals surface area contributed by atoms with E-state index >= 15 is 0 Å². The third-order valence-corrected chi connectivity index (χ3v) is 5.14. The summed E-state index contributed by atoms with van der Waals surface area (Å²) < 4.78 is 1.89. The molecule has 2 aromatic heterocycles. The number of aryl methyl sites for hydroxylation is 1. The van der Waals surface area contributed by atoms with E-state index in [1.54, 1.807) is 6.20 Å². The predicted octanol–water partition coefficient (Wildman–Crippen LogP) is 3.05. The second-order valence-electron chi connectivity index (χ2n) is 5.52. The van der Waals surface area contributed by atoms with Crippen molar-refractivity contribution in [1.82, 2.24) is 20.0 Å². The van der Waals surface area contributed by atoms with Crippen LogP contribution in [0.5, 0.6) is 0 Å². The zero-order valence-electron chi connectivity index (χ0n) is 12.9. The molecule has 0 fully saturated rings. The number of rotatable bonds is 5. The number of thiophene rings is 1. The number of carbonyl (C=O) groups is 1. The second kappa shape index (κ2) is 6.96. The summed E-state index contributed by atoms with van der Waals surface area (Å²) in [5.41, 5.74) is 1.34. The third kappa shape index (κ3) is 3.16. The van der Waals surface area contributed by atoms with Crippen LogP contribution in [0, 0.1) is 0 Å². The van der Waals surface area contributed by atoms with E-state index in [1.165, 1.54) is 10.4 Å². The highest BCUT2D eigenvalue weighted by Gasteiger charge is 2.29. The van der Waals surface area contributed by atoms with Crippen molar-refractivity contribution in [1.29, 1.82) is 0 Å². The van der Waals surface area contributed by atoms with E-state index in [0.717, 1.165) is 32.4 Å². The minimum absolute atomic E-state index is 0.0594. The van der Waals surface area contributed by atoms with Crippen LogP contribution >= 0.6 is 11.3 Å². The summed E-state index contributed by atoms with van der Waals surface area (Å²) in [5, 5.41) is 9.35. The molecule has 0 radical (unpaired) electrons. The largest absolute Gasteiger partial charge is 0.338 e. The fourth-order valence-corrected chi connectivity index (χ4v) is 3.98. The summed E-state index contributed by atoms with van der Waals surface area (Å²) in [6.45, 7) is 4.48. The molecule has 1 atom stereocenters. The van der Waals surface area contributed by atoms with Gasteiger partial charge in [-0.05, 0) is 42.3 Å². The Morgan fingerprint density at radius 2 is 2.45 bits per heavy atom. The Kier molecular flexibility index (Phi) is 4.77. The fourth-order valence-electron chi connectivity index (χ4n) is 3.05. The molecule has 5 nitrogen and oxygen atoms in total. The van der Waals surface area contributed by atoms with Crippen LogP contribution < -0.4 is 5.32 Å². The van der Waals surface area contributed by atoms with Crippen LogP contribution in [0.1, 0.15) is 36.2 Å². The minimum atomic E-state index is 0.0594. The molecule has 2 amide bonds. The lowest BCUT2D eigenvalue weighted by Crippen LogP contribution is -2.45. The van der Waals surface area contributed by atoms with E-state index in [0.29, 0.717) is 6.54 Å². The predicted molar refractivity (Wildman–Crippen MR) is 88.0 cm³/mol. The minimum Gasteiger partial charge on any atom is -0.338 e. The Labute approximate surface area is 134 Å². The van der Waals surface area contributed by atoms with Gasteiger partial charge in [-0.25, -0.2) is 4.79 Å². The summed E-state index contributed by atoms with van der Waals surface area (Å²) in [5.74, 6) is 0. The van der Waals surface area contributed by atoms with Gasteiger partial charge in [-0.15, -0.1) is 11.3 Å². The van der Waals surface area contributed by atoms with Gasteiger partial charge in [0.05, 0.1) is 6.04 Å². The highest BCUT2D eigenvalue weighted by molar-refractivity contribution is 7.10. The van der Waals surface area contributed by atoms with Gasteiger partial charge in [0, 0.05) is 36.9 Å². The number of nitrogens with one attached hydrogen (secondary N) is 1. The molecule has 3 heterocycles. The fraction of sp³-hybridized carbons (Fsp3) is 0.500. The zero-order chi connectivity index (χ0) is 15.4. The first kappa shape index (κ1) is 15.1. The molecular weight excluding hydrogens is 296 g/mol. The number of carbonyl (C=O) groups excluding carboxylic acids is 1. The molecule has 1 aliphatic heterocycles. The summed E-state index contributed by atoms with van der Waals surface area (Å²) in [7, 11) is 0. The lowest BCUT2D eigenvalue weighted by molar-refractivity contribution is 0.167. The molecule has 0 saturated heterocycles. The molecule has 0 aromatic carbocycles. The van der Waals surface area contributed by atoms with Crippen molar-refractivity contribution >= 4 is 17.4 Å². The van der Waals surface area contributed by atoms with Crippen LogP contribution in [0.25, 0.3) is 0 Å². The lowest BCUT2D eigenvalue weighted by atomic mass is 9.98. The first-order valence-electron chi connectivity index (χ1n) is 7.87. The number of hydrogen-bond donors (Lipinski definition) is 1. The van der Waals surface area contributed by atoms with Crippen LogP contribution in [-0.4, -0.2) is 33.8 Å². The Morgan fingerprint density at radius 1 is 1.55 bits per heavy atom. The average molecular weight is 318 g/mol. The monoisotopic (exact) mass is 318 g/mol. The Balaban J connectivity index is 1.51. The Bertz CT molecular complexity index is 607. The highest BCUT2D eigenvalue weighted by Crippen LogP contribution is 2.34. The Morgan fingerprint density at radius 3 is 3.23 bits per heavy atom. The van der Waals surface area contributed by atoms with E-state index in [2.05, 4.69) is 28.8 Å². The van der Waals surface area contributed by atoms with Crippen LogP contribution in [-0.2, 0) is 13.0 Å². The van der Waals surface area contributed by atoms with Gasteiger partial charge in [0.2, 0.25) is 0 Å². The molecule has 0 saturated carbocycles. The van der Waals surface area contributed by atoms with Gasteiger partial charge >= 0.3 is 6.03 Å². The lowest BCUT2D eigenvalue weighted by Gasteiger charge is -2.35. The number of hydrogen-bond acceptors (Lipinski definition) is 3. The van der Waals surface area contributed by atoms with Crippen LogP contribution in [0.2, 0.25) is 0 Å². The van der Waals surface area contributed by atoms with E-state index in [9.17, 15) is 4.79 Å². The topological polar surface area (TPSA) is 50.2 Å². The zero-order valence-corrected chi connectivity index (χ0v) is 13.7. The second-order valence-corrected chi connectivity index (χ2v) is 6.52. The number of aromatic nitrogens is 2. The maximum atomic E-state index is 12.5. The summed E-state index contributed by atoms with van der Waals surface area (Å²) in [4.78, 5) is 15.9. The van der Waals surface area contributed by atoms with E-state index < -0.39 is 0 Å². The van der Waals surface area contributed by atoms with Crippen LogP contribution in [0.15, 0.2) is 29.9 Å². The average Bonchev–Trinajstić information content (AvgIpc) is 3.21. The molecule has 0 bridgehead atoms. The van der Waals surface area contributed by atoms with Crippen molar-refractivity contribution in [2.45, 2.75) is 38.8 Å². The molecule has 1 N–H and O–H groups in total. The molecule has 6 heteroatoms. The molecule has 3 rings (SSSR count). The summed E-state index contributed by atoms with van der Waals surface area (Å²) in [6.07, 6.45) is 6.55. The SMILES string of the molecule is CC[C@@H]1c2ccsc2CCN1C(=O)NCCCn1cccn1. The summed E-state index contributed by atoms with van der Waals surface area (Å²) >= 11 is 1.81. The third-order valence-electron chi connectivity index (χ3n) is 4.14. The molecule has 2 aromatic rings. The molecule has 0 aliphatic carbocycles. The van der Waals surface area contributed by atoms with Crippen molar-refractivity contribution in [3.8, 4) is 0 Å². The Hall–Kier alpha value is -1.82. The van der Waals surface area contributed by atoms with E-state index in [1.807, 2.05) is 33.2 Å². The molecule has 0 unspecified atom stereocenters. The van der Waals surface area contributed by atoms with Gasteiger partial charge in [0.25, 0.3) is 0 Å². The van der Waals surface area contributed by atoms with Crippen molar-refractivity contribution in [2.75, 3.05) is 13.1 Å². The van der Waals surface area contributed by atoms with Crippen molar-refractivity contribution in [3.63, 3.8) is 0 Å². The quantitative estimate of drug-likeness (QED) is 0.862. The van der Waals surface area contributed by atoms with Crippen molar-refractivity contribution < 1.29 is 4.79 Å². The van der Waals surface area contributed by atoms with Gasteiger partial charge in [0.15, 0.2) is 0 Å². The molecular formula is C16H22N4OS. The first-order valence-corrected chi connectivity index (χ1v) is 8.75. The van der Waals surface area contributed by atoms with Gasteiger partial charge in [-0.1, -0.05) is 6.92 Å². The van der Waals surface area contributed by atoms with Gasteiger partial charge < -0.3 is 10.2 Å². The molecule has 1 aliphatic rings. The standard InChI is InChI=1S/C16H22N4OS/c1-2-14-13-6-12-22-15(13)5-11-20(14)16(21)17-7-3-9-19-10-4-8-18-19/h4,6,8,10,12,14H,2-3,5,7,9,11H2,1H3,(H,17,21)/t14-/m1/s1. The maximum Gasteiger partial charge on any atom is 0.317 e. The smallest absolute Gasteiger partial charge is 0.317 e. The van der Waals surface area contributed by atoms with Crippen molar-refractivity contribution in [2.24, 2.45) is 0 Å². The number of urea groups is 1. The molecule has 0 spiro atoms. The number of nitrogens with zero attached hydrogens (tertiary/aromatic N) is 3. The highest BCUT2D eigenvalue weighted by atomic mass is 32.1. The number of fused-ring (bicyclic) bond motifs is 1. The van der Waals surface area contributed by atoms with Crippen molar-refractivity contribution in [3.05, 3.63) is 40.3 Å².